The second-order valence-corrected chi connectivity index (χ2v) is 6.18. The average Bonchev–Trinajstić information content (AvgIpc) is 2.88. The predicted octanol–water partition coefficient (Wildman–Crippen LogP) is 1.07. The Balaban J connectivity index is 1.81. The van der Waals surface area contributed by atoms with Gasteiger partial charge in [0.05, 0.1) is 12.0 Å². The zero-order chi connectivity index (χ0) is 14.3. The lowest BCUT2D eigenvalue weighted by atomic mass is 9.92. The zero-order valence-electron chi connectivity index (χ0n) is 12.4. The highest BCUT2D eigenvalue weighted by Crippen LogP contribution is 2.29. The first kappa shape index (κ1) is 13.7. The van der Waals surface area contributed by atoms with Gasteiger partial charge >= 0.3 is 0 Å². The van der Waals surface area contributed by atoms with Crippen LogP contribution in [0.5, 0.6) is 0 Å². The van der Waals surface area contributed by atoms with Gasteiger partial charge in [0, 0.05) is 32.7 Å². The average molecular weight is 278 g/mol. The molecule has 110 valence electrons. The summed E-state index contributed by atoms with van der Waals surface area (Å²) < 4.78 is 5.38. The molecule has 0 radical (unpaired) electrons. The van der Waals surface area contributed by atoms with Crippen molar-refractivity contribution in [2.45, 2.75) is 32.7 Å². The highest BCUT2D eigenvalue weighted by atomic mass is 16.5. The lowest BCUT2D eigenvalue weighted by molar-refractivity contribution is -0.119. The molecule has 0 N–H and O–H groups in total. The van der Waals surface area contributed by atoms with Crippen molar-refractivity contribution in [2.75, 3.05) is 32.7 Å². The Hall–Kier alpha value is -1.27. The smallest absolute Gasteiger partial charge is 0.237 e. The fraction of sp³-hybridized carbons (Fsp3) is 0.786. The van der Waals surface area contributed by atoms with Crippen LogP contribution in [0.15, 0.2) is 4.52 Å². The highest BCUT2D eigenvalue weighted by Gasteiger charge is 2.36. The Kier molecular flexibility index (Phi) is 3.60. The summed E-state index contributed by atoms with van der Waals surface area (Å²) in [6.45, 7) is 11.0. The molecule has 0 amide bonds. The van der Waals surface area contributed by atoms with E-state index in [9.17, 15) is 4.79 Å². The number of nitrogens with zero attached hydrogens (tertiary/aromatic N) is 4. The van der Waals surface area contributed by atoms with Crippen LogP contribution in [-0.2, 0) is 4.79 Å². The monoisotopic (exact) mass is 278 g/mol. The molecule has 0 aliphatic carbocycles. The molecule has 1 aromatic rings. The highest BCUT2D eigenvalue weighted by molar-refractivity contribution is 5.82. The lowest BCUT2D eigenvalue weighted by Crippen LogP contribution is -2.57. The van der Waals surface area contributed by atoms with Crippen LogP contribution in [0.25, 0.3) is 0 Å². The van der Waals surface area contributed by atoms with Crippen LogP contribution in [0.4, 0.5) is 0 Å². The van der Waals surface area contributed by atoms with Gasteiger partial charge in [-0.05, 0) is 12.8 Å². The number of ketones is 1. The zero-order valence-corrected chi connectivity index (χ0v) is 12.4. The van der Waals surface area contributed by atoms with Gasteiger partial charge in [0.1, 0.15) is 5.78 Å². The minimum atomic E-state index is -0.285. The van der Waals surface area contributed by atoms with Crippen LogP contribution >= 0.6 is 0 Å². The maximum atomic E-state index is 11.8. The normalized spacial score (nSPS) is 30.7. The molecule has 0 spiro atoms. The Labute approximate surface area is 119 Å². The quantitative estimate of drug-likeness (QED) is 0.821. The molecule has 20 heavy (non-hydrogen) atoms. The summed E-state index contributed by atoms with van der Waals surface area (Å²) in [6.07, 6.45) is 0. The molecule has 4 heterocycles. The first-order chi connectivity index (χ1) is 9.56. The number of Topliss-reactive ketones (excluding diaryl/α,β-unsaturated/α-hetero) is 1. The standard InChI is InChI=1S/C14H22N4O2/c1-9(2)12(10(3)19)14-15-13(16-20-14)11-8-17-4-6-18(11)7-5-17/h9,11-12H,4-8H2,1-3H3. The van der Waals surface area contributed by atoms with Crippen molar-refractivity contribution in [2.24, 2.45) is 5.92 Å². The molecule has 2 atom stereocenters. The second kappa shape index (κ2) is 5.26. The van der Waals surface area contributed by atoms with Crippen molar-refractivity contribution in [1.82, 2.24) is 19.9 Å². The number of rotatable bonds is 4. The van der Waals surface area contributed by atoms with E-state index in [0.717, 1.165) is 38.5 Å². The second-order valence-electron chi connectivity index (χ2n) is 6.18. The molecule has 3 fully saturated rings. The van der Waals surface area contributed by atoms with Crippen molar-refractivity contribution >= 4 is 5.78 Å². The van der Waals surface area contributed by atoms with Crippen LogP contribution in [0, 0.1) is 5.92 Å². The Morgan fingerprint density at radius 2 is 2.00 bits per heavy atom. The van der Waals surface area contributed by atoms with E-state index in [1.54, 1.807) is 6.92 Å². The van der Waals surface area contributed by atoms with E-state index in [-0.39, 0.29) is 23.7 Å². The Morgan fingerprint density at radius 1 is 1.30 bits per heavy atom. The maximum Gasteiger partial charge on any atom is 0.237 e. The first-order valence-corrected chi connectivity index (χ1v) is 7.36. The molecule has 3 aliphatic rings. The van der Waals surface area contributed by atoms with Gasteiger partial charge in [0.15, 0.2) is 5.82 Å². The molecule has 0 saturated carbocycles. The van der Waals surface area contributed by atoms with Gasteiger partial charge in [-0.1, -0.05) is 19.0 Å². The van der Waals surface area contributed by atoms with Crippen molar-refractivity contribution in [3.05, 3.63) is 11.7 Å². The van der Waals surface area contributed by atoms with Crippen LogP contribution in [0.1, 0.15) is 44.4 Å². The van der Waals surface area contributed by atoms with Crippen LogP contribution in [-0.4, -0.2) is 58.4 Å². The molecule has 3 aliphatic heterocycles. The summed E-state index contributed by atoms with van der Waals surface area (Å²) in [5.74, 6) is 1.18. The third-order valence-electron chi connectivity index (χ3n) is 4.40. The third kappa shape index (κ3) is 2.38. The number of carbonyl (C=O) groups is 1. The maximum absolute atomic E-state index is 11.8. The summed E-state index contributed by atoms with van der Waals surface area (Å²) in [4.78, 5) is 21.1. The molecular formula is C14H22N4O2. The van der Waals surface area contributed by atoms with E-state index in [2.05, 4.69) is 19.9 Å². The van der Waals surface area contributed by atoms with Gasteiger partial charge in [-0.25, -0.2) is 0 Å². The van der Waals surface area contributed by atoms with Crippen molar-refractivity contribution in [3.8, 4) is 0 Å². The number of aromatic nitrogens is 2. The molecule has 4 rings (SSSR count). The number of fused-ring (bicyclic) bond motifs is 3. The molecule has 6 heteroatoms. The summed E-state index contributed by atoms with van der Waals surface area (Å²) in [5, 5.41) is 4.14. The van der Waals surface area contributed by atoms with E-state index >= 15 is 0 Å². The molecule has 1 aromatic heterocycles. The van der Waals surface area contributed by atoms with Gasteiger partial charge in [0.2, 0.25) is 5.89 Å². The van der Waals surface area contributed by atoms with Crippen LogP contribution in [0.3, 0.4) is 0 Å². The Morgan fingerprint density at radius 3 is 2.50 bits per heavy atom. The topological polar surface area (TPSA) is 62.5 Å². The van der Waals surface area contributed by atoms with Gasteiger partial charge in [-0.3, -0.25) is 14.6 Å². The van der Waals surface area contributed by atoms with Gasteiger partial charge in [-0.15, -0.1) is 0 Å². The molecule has 2 bridgehead atoms. The van der Waals surface area contributed by atoms with E-state index in [1.165, 1.54) is 0 Å². The van der Waals surface area contributed by atoms with Crippen molar-refractivity contribution in [1.29, 1.82) is 0 Å². The molecule has 0 aromatic carbocycles. The van der Waals surface area contributed by atoms with Gasteiger partial charge in [0.25, 0.3) is 0 Å². The number of hydrogen-bond acceptors (Lipinski definition) is 6. The first-order valence-electron chi connectivity index (χ1n) is 7.36. The summed E-state index contributed by atoms with van der Waals surface area (Å²) in [5.41, 5.74) is 0. The Bertz CT molecular complexity index is 491. The van der Waals surface area contributed by atoms with E-state index in [1.807, 2.05) is 13.8 Å². The molecular weight excluding hydrogens is 256 g/mol. The van der Waals surface area contributed by atoms with Crippen molar-refractivity contribution in [3.63, 3.8) is 0 Å². The van der Waals surface area contributed by atoms with Crippen LogP contribution in [0.2, 0.25) is 0 Å². The number of hydrogen-bond donors (Lipinski definition) is 0. The summed E-state index contributed by atoms with van der Waals surface area (Å²) in [6, 6.07) is 0.217. The van der Waals surface area contributed by atoms with E-state index in [4.69, 9.17) is 4.52 Å². The predicted molar refractivity (Wildman–Crippen MR) is 73.3 cm³/mol. The largest absolute Gasteiger partial charge is 0.338 e. The molecule has 6 nitrogen and oxygen atoms in total. The van der Waals surface area contributed by atoms with E-state index < -0.39 is 0 Å². The SMILES string of the molecule is CC(=O)C(c1nc(C2CN3CCN2CC3)no1)C(C)C. The molecule has 3 saturated heterocycles. The number of piperazine rings is 3. The third-order valence-corrected chi connectivity index (χ3v) is 4.40. The van der Waals surface area contributed by atoms with Gasteiger partial charge < -0.3 is 4.52 Å². The lowest BCUT2D eigenvalue weighted by Gasteiger charge is -2.46. The fourth-order valence-electron chi connectivity index (χ4n) is 3.30. The molecule has 2 unspecified atom stereocenters. The number of carbonyl (C=O) groups excluding carboxylic acids is 1. The van der Waals surface area contributed by atoms with Crippen molar-refractivity contribution < 1.29 is 9.32 Å². The minimum absolute atomic E-state index is 0.0874. The van der Waals surface area contributed by atoms with Gasteiger partial charge in [-0.2, -0.15) is 4.98 Å². The summed E-state index contributed by atoms with van der Waals surface area (Å²) >= 11 is 0. The minimum Gasteiger partial charge on any atom is -0.338 e. The fourth-order valence-corrected chi connectivity index (χ4v) is 3.30. The van der Waals surface area contributed by atoms with E-state index in [0.29, 0.717) is 5.89 Å². The summed E-state index contributed by atoms with van der Waals surface area (Å²) in [7, 11) is 0. The van der Waals surface area contributed by atoms with Crippen LogP contribution < -0.4 is 0 Å².